The molecule has 8 heteroatoms. The van der Waals surface area contributed by atoms with Crippen LogP contribution in [0.1, 0.15) is 67.8 Å². The zero-order chi connectivity index (χ0) is 19.2. The standard InChI is InChI=1S/C19H23F3N4O/c1-11-17-14(19(20,21)22)9-15(12-7-8-12)24-18(17)26(25-11)10-16(27)23-13-5-3-2-4-6-13/h9,12-13H,2-8,10H2,1H3,(H,23,27). The van der Waals surface area contributed by atoms with Crippen molar-refractivity contribution in [1.29, 1.82) is 0 Å². The van der Waals surface area contributed by atoms with Crippen molar-refractivity contribution in [2.75, 3.05) is 0 Å². The Kier molecular flexibility index (Phi) is 4.60. The highest BCUT2D eigenvalue weighted by atomic mass is 19.4. The number of hydrogen-bond donors (Lipinski definition) is 1. The van der Waals surface area contributed by atoms with Crippen LogP contribution in [0.4, 0.5) is 13.2 Å². The predicted molar refractivity (Wildman–Crippen MR) is 94.3 cm³/mol. The lowest BCUT2D eigenvalue weighted by molar-refractivity contribution is -0.136. The summed E-state index contributed by atoms with van der Waals surface area (Å²) in [6, 6.07) is 1.30. The Bertz CT molecular complexity index is 864. The van der Waals surface area contributed by atoms with Crippen molar-refractivity contribution in [3.8, 4) is 0 Å². The van der Waals surface area contributed by atoms with E-state index >= 15 is 0 Å². The number of aryl methyl sites for hydroxylation is 1. The molecule has 0 aliphatic heterocycles. The molecule has 27 heavy (non-hydrogen) atoms. The smallest absolute Gasteiger partial charge is 0.352 e. The first-order valence-electron chi connectivity index (χ1n) is 9.57. The number of aromatic nitrogens is 3. The molecule has 0 saturated heterocycles. The average molecular weight is 380 g/mol. The number of rotatable bonds is 4. The number of carbonyl (C=O) groups excluding carboxylic acids is 1. The van der Waals surface area contributed by atoms with E-state index in [0.29, 0.717) is 5.69 Å². The van der Waals surface area contributed by atoms with Crippen molar-refractivity contribution in [3.05, 3.63) is 23.0 Å². The monoisotopic (exact) mass is 380 g/mol. The van der Waals surface area contributed by atoms with Crippen LogP contribution in [0, 0.1) is 6.92 Å². The average Bonchev–Trinajstić information content (AvgIpc) is 3.41. The van der Waals surface area contributed by atoms with E-state index in [-0.39, 0.29) is 41.1 Å². The highest BCUT2D eigenvalue weighted by Crippen LogP contribution is 2.43. The molecule has 2 aromatic heterocycles. The van der Waals surface area contributed by atoms with Gasteiger partial charge in [0.05, 0.1) is 16.6 Å². The van der Waals surface area contributed by atoms with Crippen molar-refractivity contribution < 1.29 is 18.0 Å². The number of alkyl halides is 3. The lowest BCUT2D eigenvalue weighted by Crippen LogP contribution is -2.38. The van der Waals surface area contributed by atoms with Crippen molar-refractivity contribution in [2.45, 2.75) is 76.6 Å². The maximum atomic E-state index is 13.6. The molecule has 2 aliphatic rings. The minimum Gasteiger partial charge on any atom is -0.352 e. The van der Waals surface area contributed by atoms with Crippen molar-refractivity contribution >= 4 is 16.9 Å². The zero-order valence-corrected chi connectivity index (χ0v) is 15.3. The third-order valence-corrected chi connectivity index (χ3v) is 5.46. The summed E-state index contributed by atoms with van der Waals surface area (Å²) in [5, 5.41) is 7.19. The first kappa shape index (κ1) is 18.3. The number of carbonyl (C=O) groups is 1. The number of fused-ring (bicyclic) bond motifs is 1. The van der Waals surface area contributed by atoms with E-state index < -0.39 is 11.7 Å². The first-order chi connectivity index (χ1) is 12.8. The molecular weight excluding hydrogens is 357 g/mol. The van der Waals surface area contributed by atoms with Gasteiger partial charge in [0.1, 0.15) is 6.54 Å². The maximum Gasteiger partial charge on any atom is 0.417 e. The largest absolute Gasteiger partial charge is 0.417 e. The molecule has 0 unspecified atom stereocenters. The number of amides is 1. The molecule has 0 aromatic carbocycles. The molecule has 0 radical (unpaired) electrons. The number of halogens is 3. The Labute approximate surface area is 155 Å². The molecular formula is C19H23F3N4O. The molecule has 0 atom stereocenters. The van der Waals surface area contributed by atoms with Crippen LogP contribution in [-0.4, -0.2) is 26.7 Å². The van der Waals surface area contributed by atoms with Gasteiger partial charge in [0, 0.05) is 17.7 Å². The molecule has 0 bridgehead atoms. The second-order valence-corrected chi connectivity index (χ2v) is 7.71. The highest BCUT2D eigenvalue weighted by molar-refractivity contribution is 5.85. The summed E-state index contributed by atoms with van der Waals surface area (Å²) < 4.78 is 42.1. The molecule has 2 saturated carbocycles. The Hall–Kier alpha value is -2.12. The molecule has 2 heterocycles. The number of nitrogens with one attached hydrogen (secondary N) is 1. The molecule has 4 rings (SSSR count). The molecule has 2 aromatic rings. The fourth-order valence-electron chi connectivity index (χ4n) is 3.95. The van der Waals surface area contributed by atoms with E-state index in [1.807, 2.05) is 0 Å². The van der Waals surface area contributed by atoms with E-state index in [9.17, 15) is 18.0 Å². The van der Waals surface area contributed by atoms with Crippen molar-refractivity contribution in [3.63, 3.8) is 0 Å². The van der Waals surface area contributed by atoms with Crippen molar-refractivity contribution in [2.24, 2.45) is 0 Å². The maximum absolute atomic E-state index is 13.6. The quantitative estimate of drug-likeness (QED) is 0.869. The van der Waals surface area contributed by atoms with E-state index in [4.69, 9.17) is 0 Å². The number of hydrogen-bond acceptors (Lipinski definition) is 3. The summed E-state index contributed by atoms with van der Waals surface area (Å²) in [6.45, 7) is 1.42. The number of pyridine rings is 1. The van der Waals surface area contributed by atoms with Gasteiger partial charge >= 0.3 is 6.18 Å². The topological polar surface area (TPSA) is 59.8 Å². The molecule has 1 amide bonds. The third-order valence-electron chi connectivity index (χ3n) is 5.46. The van der Waals surface area contributed by atoms with E-state index in [1.54, 1.807) is 0 Å². The zero-order valence-electron chi connectivity index (χ0n) is 15.3. The number of nitrogens with zero attached hydrogens (tertiary/aromatic N) is 3. The molecule has 2 fully saturated rings. The Morgan fingerprint density at radius 2 is 1.93 bits per heavy atom. The van der Waals surface area contributed by atoms with Gasteiger partial charge in [-0.05, 0) is 38.7 Å². The van der Waals surface area contributed by atoms with E-state index in [0.717, 1.165) is 44.6 Å². The van der Waals surface area contributed by atoms with E-state index in [1.165, 1.54) is 18.0 Å². The van der Waals surface area contributed by atoms with E-state index in [2.05, 4.69) is 15.4 Å². The molecule has 0 spiro atoms. The minimum atomic E-state index is -4.48. The minimum absolute atomic E-state index is 0.00244. The summed E-state index contributed by atoms with van der Waals surface area (Å²) in [5.74, 6) is -0.145. The summed E-state index contributed by atoms with van der Waals surface area (Å²) in [5.41, 5.74) is 0.148. The lowest BCUT2D eigenvalue weighted by atomic mass is 9.95. The normalized spacial score (nSPS) is 18.8. The van der Waals surface area contributed by atoms with Crippen LogP contribution in [0.2, 0.25) is 0 Å². The Balaban J connectivity index is 1.66. The predicted octanol–water partition coefficient (Wildman–Crippen LogP) is 4.08. The fraction of sp³-hybridized carbons (Fsp3) is 0.632. The third kappa shape index (κ3) is 3.80. The summed E-state index contributed by atoms with van der Waals surface area (Å²) >= 11 is 0. The van der Waals surface area contributed by atoms with Crippen LogP contribution >= 0.6 is 0 Å². The van der Waals surface area contributed by atoms with Gasteiger partial charge in [-0.1, -0.05) is 19.3 Å². The summed E-state index contributed by atoms with van der Waals surface area (Å²) in [6.07, 6.45) is 2.50. The van der Waals surface area contributed by atoms with Gasteiger partial charge in [0.25, 0.3) is 0 Å². The lowest BCUT2D eigenvalue weighted by Gasteiger charge is -2.22. The van der Waals surface area contributed by atoms with Crippen LogP contribution in [0.25, 0.3) is 11.0 Å². The van der Waals surface area contributed by atoms with Gasteiger partial charge in [0.15, 0.2) is 5.65 Å². The summed E-state index contributed by atoms with van der Waals surface area (Å²) in [4.78, 5) is 16.9. The van der Waals surface area contributed by atoms with Gasteiger partial charge in [-0.3, -0.25) is 4.79 Å². The van der Waals surface area contributed by atoms with Gasteiger partial charge in [0.2, 0.25) is 5.91 Å². The Morgan fingerprint density at radius 1 is 1.22 bits per heavy atom. The highest BCUT2D eigenvalue weighted by Gasteiger charge is 2.37. The second-order valence-electron chi connectivity index (χ2n) is 7.71. The van der Waals surface area contributed by atoms with Gasteiger partial charge < -0.3 is 5.32 Å². The van der Waals surface area contributed by atoms with Crippen LogP contribution in [0.3, 0.4) is 0 Å². The van der Waals surface area contributed by atoms with Crippen LogP contribution in [0.5, 0.6) is 0 Å². The second kappa shape index (κ2) is 6.80. The molecule has 1 N–H and O–H groups in total. The van der Waals surface area contributed by atoms with Gasteiger partial charge in [-0.15, -0.1) is 0 Å². The van der Waals surface area contributed by atoms with Crippen LogP contribution in [-0.2, 0) is 17.5 Å². The van der Waals surface area contributed by atoms with Crippen LogP contribution in [0.15, 0.2) is 6.07 Å². The van der Waals surface area contributed by atoms with Crippen LogP contribution < -0.4 is 5.32 Å². The molecule has 5 nitrogen and oxygen atoms in total. The van der Waals surface area contributed by atoms with Crippen molar-refractivity contribution in [1.82, 2.24) is 20.1 Å². The van der Waals surface area contributed by atoms with Gasteiger partial charge in [-0.25, -0.2) is 9.67 Å². The Morgan fingerprint density at radius 3 is 2.56 bits per heavy atom. The molecule has 146 valence electrons. The SMILES string of the molecule is Cc1nn(CC(=O)NC2CCCCC2)c2nc(C3CC3)cc(C(F)(F)F)c12. The molecule has 2 aliphatic carbocycles. The van der Waals surface area contributed by atoms with Gasteiger partial charge in [-0.2, -0.15) is 18.3 Å². The fourth-order valence-corrected chi connectivity index (χ4v) is 3.95. The first-order valence-corrected chi connectivity index (χ1v) is 9.57. The summed E-state index contributed by atoms with van der Waals surface area (Å²) in [7, 11) is 0.